The van der Waals surface area contributed by atoms with Crippen molar-refractivity contribution in [3.05, 3.63) is 54.0 Å². The van der Waals surface area contributed by atoms with E-state index in [0.717, 1.165) is 25.8 Å². The summed E-state index contributed by atoms with van der Waals surface area (Å²) in [5.41, 5.74) is 1.68. The summed E-state index contributed by atoms with van der Waals surface area (Å²) in [6.45, 7) is 5.83. The maximum Gasteiger partial charge on any atom is 0.270 e. The summed E-state index contributed by atoms with van der Waals surface area (Å²) in [5, 5.41) is 6.14. The number of rotatable bonds is 9. The van der Waals surface area contributed by atoms with Gasteiger partial charge in [0.2, 0.25) is 0 Å². The molecular weight excluding hydrogens is 300 g/mol. The van der Waals surface area contributed by atoms with Gasteiger partial charge < -0.3 is 10.6 Å². The van der Waals surface area contributed by atoms with Crippen LogP contribution in [0.3, 0.4) is 0 Å². The van der Waals surface area contributed by atoms with E-state index in [-0.39, 0.29) is 5.91 Å². The molecule has 1 heterocycles. The zero-order valence-corrected chi connectivity index (χ0v) is 14.5. The largest absolute Gasteiger partial charge is 0.370 e. The van der Waals surface area contributed by atoms with Gasteiger partial charge in [0.1, 0.15) is 17.8 Å². The third kappa shape index (κ3) is 6.36. The molecule has 0 unspecified atom stereocenters. The van der Waals surface area contributed by atoms with Crippen LogP contribution in [-0.2, 0) is 6.42 Å². The standard InChI is InChI=1S/C19H26N4O/c1-15(2)10-12-20-18-13-17(22-14-23-18)19(24)21-11-6-9-16-7-4-3-5-8-16/h3-5,7-8,13-15H,6,9-12H2,1-2H3,(H,21,24)(H,20,22,23). The highest BCUT2D eigenvalue weighted by molar-refractivity contribution is 5.92. The van der Waals surface area contributed by atoms with Gasteiger partial charge >= 0.3 is 0 Å². The summed E-state index contributed by atoms with van der Waals surface area (Å²) in [7, 11) is 0. The second kappa shape index (κ2) is 9.65. The molecule has 2 rings (SSSR count). The van der Waals surface area contributed by atoms with Crippen molar-refractivity contribution in [2.75, 3.05) is 18.4 Å². The maximum absolute atomic E-state index is 12.2. The molecule has 1 amide bonds. The lowest BCUT2D eigenvalue weighted by atomic mass is 10.1. The number of nitrogens with one attached hydrogen (secondary N) is 2. The first-order chi connectivity index (χ1) is 11.6. The zero-order chi connectivity index (χ0) is 17.2. The Morgan fingerprint density at radius 3 is 2.67 bits per heavy atom. The number of benzene rings is 1. The number of hydrogen-bond donors (Lipinski definition) is 2. The number of aryl methyl sites for hydroxylation is 1. The molecule has 2 N–H and O–H groups in total. The molecule has 0 saturated heterocycles. The van der Waals surface area contributed by atoms with Crippen molar-refractivity contribution >= 4 is 11.7 Å². The smallest absolute Gasteiger partial charge is 0.270 e. The SMILES string of the molecule is CC(C)CCNc1cc(C(=O)NCCCc2ccccc2)ncn1. The number of carbonyl (C=O) groups is 1. The van der Waals surface area contributed by atoms with E-state index in [1.807, 2.05) is 18.2 Å². The van der Waals surface area contributed by atoms with E-state index in [0.29, 0.717) is 24.0 Å². The fourth-order valence-electron chi connectivity index (χ4n) is 2.30. The average molecular weight is 326 g/mol. The quantitative estimate of drug-likeness (QED) is 0.694. The number of hydrogen-bond acceptors (Lipinski definition) is 4. The van der Waals surface area contributed by atoms with Crippen molar-refractivity contribution in [3.8, 4) is 0 Å². The molecule has 0 spiro atoms. The van der Waals surface area contributed by atoms with Crippen LogP contribution in [0.2, 0.25) is 0 Å². The topological polar surface area (TPSA) is 66.9 Å². The van der Waals surface area contributed by atoms with E-state index < -0.39 is 0 Å². The molecule has 0 aliphatic rings. The lowest BCUT2D eigenvalue weighted by Gasteiger charge is -2.09. The molecule has 0 saturated carbocycles. The third-order valence-corrected chi connectivity index (χ3v) is 3.70. The molecule has 0 radical (unpaired) electrons. The van der Waals surface area contributed by atoms with Gasteiger partial charge in [-0.05, 0) is 30.7 Å². The van der Waals surface area contributed by atoms with Gasteiger partial charge in [-0.2, -0.15) is 0 Å². The maximum atomic E-state index is 12.2. The molecule has 1 aromatic carbocycles. The Hall–Kier alpha value is -2.43. The van der Waals surface area contributed by atoms with Crippen LogP contribution in [0, 0.1) is 5.92 Å². The molecule has 0 aliphatic heterocycles. The Labute approximate surface area is 143 Å². The van der Waals surface area contributed by atoms with Gasteiger partial charge in [0.05, 0.1) is 0 Å². The highest BCUT2D eigenvalue weighted by Crippen LogP contribution is 2.06. The Bertz CT molecular complexity index is 628. The van der Waals surface area contributed by atoms with Crippen molar-refractivity contribution < 1.29 is 4.79 Å². The summed E-state index contributed by atoms with van der Waals surface area (Å²) in [6.07, 6.45) is 4.34. The van der Waals surface area contributed by atoms with Gasteiger partial charge in [-0.25, -0.2) is 9.97 Å². The van der Waals surface area contributed by atoms with E-state index in [4.69, 9.17) is 0 Å². The number of amides is 1. The minimum absolute atomic E-state index is 0.155. The Morgan fingerprint density at radius 2 is 1.92 bits per heavy atom. The molecule has 0 atom stereocenters. The van der Waals surface area contributed by atoms with E-state index >= 15 is 0 Å². The molecule has 0 fully saturated rings. The monoisotopic (exact) mass is 326 g/mol. The van der Waals surface area contributed by atoms with Crippen LogP contribution in [0.5, 0.6) is 0 Å². The molecule has 1 aromatic heterocycles. The minimum Gasteiger partial charge on any atom is -0.370 e. The molecule has 2 aromatic rings. The van der Waals surface area contributed by atoms with Crippen LogP contribution in [0.25, 0.3) is 0 Å². The number of aromatic nitrogens is 2. The first-order valence-corrected chi connectivity index (χ1v) is 8.53. The molecular formula is C19H26N4O. The predicted octanol–water partition coefficient (Wildman–Crippen LogP) is 3.30. The van der Waals surface area contributed by atoms with E-state index in [1.54, 1.807) is 6.07 Å². The summed E-state index contributed by atoms with van der Waals surface area (Å²) in [5.74, 6) is 1.17. The van der Waals surface area contributed by atoms with E-state index in [9.17, 15) is 4.79 Å². The number of anilines is 1. The lowest BCUT2D eigenvalue weighted by Crippen LogP contribution is -2.26. The van der Waals surface area contributed by atoms with Crippen LogP contribution < -0.4 is 10.6 Å². The van der Waals surface area contributed by atoms with Gasteiger partial charge in [0, 0.05) is 19.2 Å². The van der Waals surface area contributed by atoms with Crippen LogP contribution in [-0.4, -0.2) is 29.0 Å². The van der Waals surface area contributed by atoms with Crippen molar-refractivity contribution in [2.24, 2.45) is 5.92 Å². The second-order valence-corrected chi connectivity index (χ2v) is 6.24. The summed E-state index contributed by atoms with van der Waals surface area (Å²) >= 11 is 0. The molecule has 0 bridgehead atoms. The fraction of sp³-hybridized carbons (Fsp3) is 0.421. The van der Waals surface area contributed by atoms with E-state index in [2.05, 4.69) is 46.6 Å². The van der Waals surface area contributed by atoms with Crippen LogP contribution in [0.4, 0.5) is 5.82 Å². The molecule has 0 aliphatic carbocycles. The summed E-state index contributed by atoms with van der Waals surface area (Å²) < 4.78 is 0. The highest BCUT2D eigenvalue weighted by Gasteiger charge is 2.08. The van der Waals surface area contributed by atoms with Gasteiger partial charge in [-0.15, -0.1) is 0 Å². The van der Waals surface area contributed by atoms with Crippen molar-refractivity contribution in [1.82, 2.24) is 15.3 Å². The molecule has 128 valence electrons. The minimum atomic E-state index is -0.155. The van der Waals surface area contributed by atoms with Crippen LogP contribution >= 0.6 is 0 Å². The third-order valence-electron chi connectivity index (χ3n) is 3.70. The predicted molar refractivity (Wildman–Crippen MR) is 97.1 cm³/mol. The molecule has 24 heavy (non-hydrogen) atoms. The van der Waals surface area contributed by atoms with Gasteiger partial charge in [0.25, 0.3) is 5.91 Å². The van der Waals surface area contributed by atoms with Gasteiger partial charge in [-0.3, -0.25) is 4.79 Å². The van der Waals surface area contributed by atoms with Gasteiger partial charge in [0.15, 0.2) is 0 Å². The van der Waals surface area contributed by atoms with Crippen LogP contribution in [0.1, 0.15) is 42.7 Å². The number of carbonyl (C=O) groups excluding carboxylic acids is 1. The second-order valence-electron chi connectivity index (χ2n) is 6.24. The normalized spacial score (nSPS) is 10.6. The van der Waals surface area contributed by atoms with Crippen LogP contribution in [0.15, 0.2) is 42.7 Å². The Kier molecular flexibility index (Phi) is 7.21. The summed E-state index contributed by atoms with van der Waals surface area (Å²) in [6, 6.07) is 12.0. The fourth-order valence-corrected chi connectivity index (χ4v) is 2.30. The van der Waals surface area contributed by atoms with Crippen molar-refractivity contribution in [1.29, 1.82) is 0 Å². The summed E-state index contributed by atoms with van der Waals surface area (Å²) in [4.78, 5) is 20.4. The van der Waals surface area contributed by atoms with Crippen molar-refractivity contribution in [2.45, 2.75) is 33.1 Å². The van der Waals surface area contributed by atoms with Crippen molar-refractivity contribution in [3.63, 3.8) is 0 Å². The average Bonchev–Trinajstić information content (AvgIpc) is 2.59. The Balaban J connectivity index is 1.75. The molecule has 5 nitrogen and oxygen atoms in total. The Morgan fingerprint density at radius 1 is 1.12 bits per heavy atom. The molecule has 5 heteroatoms. The number of nitrogens with zero attached hydrogens (tertiary/aromatic N) is 2. The zero-order valence-electron chi connectivity index (χ0n) is 14.5. The van der Waals surface area contributed by atoms with E-state index in [1.165, 1.54) is 11.9 Å². The van der Waals surface area contributed by atoms with Gasteiger partial charge in [-0.1, -0.05) is 44.2 Å². The first-order valence-electron chi connectivity index (χ1n) is 8.53. The lowest BCUT2D eigenvalue weighted by molar-refractivity contribution is 0.0948. The highest BCUT2D eigenvalue weighted by atomic mass is 16.1. The first kappa shape index (κ1) is 17.9.